The van der Waals surface area contributed by atoms with Crippen LogP contribution in [0.2, 0.25) is 0 Å². The van der Waals surface area contributed by atoms with Crippen molar-refractivity contribution in [2.24, 2.45) is 0 Å². The third-order valence-electron chi connectivity index (χ3n) is 8.95. The van der Waals surface area contributed by atoms with Crippen molar-refractivity contribution in [3.8, 4) is 25.1 Å². The van der Waals surface area contributed by atoms with Crippen LogP contribution in [0, 0.1) is 25.1 Å². The van der Waals surface area contributed by atoms with E-state index < -0.39 is 31.3 Å². The largest absolute Gasteiger partial charge is 0.604 e. The van der Waals surface area contributed by atoms with Crippen LogP contribution in [0.5, 0.6) is 0 Å². The molecule has 18 heteroatoms. The SMILES string of the molecule is C#COP(=O)(OC#C)OCCCCc1ccc(CC(=O)c2ccccc2CC(=O)CC[C@H](NC(=O)c2ccc(NCc3cnc4nc(N)[nH]c(=O)c4n3)cc2)C(=O)O)cc1. The molecule has 6 N–H and O–H groups in total. The molecule has 0 saturated carbocycles. The number of phosphoric acid groups is 1. The maximum absolute atomic E-state index is 13.4. The summed E-state index contributed by atoms with van der Waals surface area (Å²) in [4.78, 5) is 78.3. The lowest BCUT2D eigenvalue weighted by molar-refractivity contribution is -0.139. The Morgan fingerprint density at radius 1 is 0.917 bits per heavy atom. The van der Waals surface area contributed by atoms with E-state index in [0.29, 0.717) is 41.8 Å². The van der Waals surface area contributed by atoms with Crippen LogP contribution in [0.3, 0.4) is 0 Å². The van der Waals surface area contributed by atoms with E-state index >= 15 is 0 Å². The average Bonchev–Trinajstić information content (AvgIpc) is 3.22. The number of nitrogen functional groups attached to an aromatic ring is 1. The summed E-state index contributed by atoms with van der Waals surface area (Å²) in [5, 5.41) is 15.4. The third kappa shape index (κ3) is 12.6. The molecule has 0 unspecified atom stereocenters. The normalized spacial score (nSPS) is 11.4. The number of benzene rings is 3. The number of H-pyrrole nitrogens is 1. The van der Waals surface area contributed by atoms with Crippen molar-refractivity contribution in [2.45, 2.75) is 57.5 Å². The lowest BCUT2D eigenvalue weighted by atomic mass is 9.94. The highest BCUT2D eigenvalue weighted by Gasteiger charge is 2.28. The van der Waals surface area contributed by atoms with Crippen molar-refractivity contribution in [1.82, 2.24) is 25.3 Å². The summed E-state index contributed by atoms with van der Waals surface area (Å²) in [7, 11) is -4.00. The van der Waals surface area contributed by atoms with Gasteiger partial charge >= 0.3 is 13.8 Å². The van der Waals surface area contributed by atoms with E-state index in [4.69, 9.17) is 23.1 Å². The minimum Gasteiger partial charge on any atom is -0.480 e. The number of carbonyl (C=O) groups is 4. The van der Waals surface area contributed by atoms with Crippen molar-refractivity contribution in [3.05, 3.63) is 123 Å². The van der Waals surface area contributed by atoms with Gasteiger partial charge in [0.2, 0.25) is 5.95 Å². The predicted octanol–water partition coefficient (Wildman–Crippen LogP) is 4.77. The van der Waals surface area contributed by atoms with Crippen LogP contribution in [0.25, 0.3) is 11.2 Å². The number of hydrogen-bond donors (Lipinski definition) is 5. The number of aryl methyl sites for hydroxylation is 1. The number of Topliss-reactive ketones (excluding diaryl/α,β-unsaturated/α-hetero) is 2. The molecule has 0 aliphatic heterocycles. The number of nitrogens with one attached hydrogen (secondary N) is 3. The first-order chi connectivity index (χ1) is 28.9. The number of aromatic amines is 1. The van der Waals surface area contributed by atoms with Crippen LogP contribution < -0.4 is 21.9 Å². The van der Waals surface area contributed by atoms with Gasteiger partial charge in [0.15, 0.2) is 16.9 Å². The van der Waals surface area contributed by atoms with E-state index in [1.54, 1.807) is 48.6 Å². The number of phosphoric ester groups is 1. The molecule has 308 valence electrons. The quantitative estimate of drug-likeness (QED) is 0.0272. The van der Waals surface area contributed by atoms with Gasteiger partial charge < -0.3 is 30.5 Å². The summed E-state index contributed by atoms with van der Waals surface area (Å²) in [6.45, 7) is 0.251. The molecule has 0 fully saturated rings. The summed E-state index contributed by atoms with van der Waals surface area (Å²) in [6, 6.07) is 19.2. The van der Waals surface area contributed by atoms with Crippen LogP contribution in [-0.2, 0) is 53.5 Å². The Bertz CT molecular complexity index is 2530. The number of rotatable bonds is 22. The maximum atomic E-state index is 13.4. The van der Waals surface area contributed by atoms with Crippen LogP contribution in [0.4, 0.5) is 11.6 Å². The molecule has 1 amide bonds. The average molecular weight is 834 g/mol. The molecule has 0 saturated heterocycles. The summed E-state index contributed by atoms with van der Waals surface area (Å²) in [5.41, 5.74) is 9.14. The Balaban J connectivity index is 1.07. The Morgan fingerprint density at radius 2 is 1.62 bits per heavy atom. The molecule has 1 atom stereocenters. The van der Waals surface area contributed by atoms with Crippen molar-refractivity contribution >= 4 is 54.1 Å². The van der Waals surface area contributed by atoms with E-state index in [1.807, 2.05) is 24.3 Å². The number of aromatic nitrogens is 4. The Morgan fingerprint density at radius 3 is 2.32 bits per heavy atom. The number of carboxylic acids is 1. The van der Waals surface area contributed by atoms with Gasteiger partial charge in [-0.25, -0.2) is 19.3 Å². The van der Waals surface area contributed by atoms with Gasteiger partial charge in [0.05, 0.1) is 25.0 Å². The topological polar surface area (TPSA) is 255 Å². The summed E-state index contributed by atoms with van der Waals surface area (Å²) in [6.07, 6.45) is 16.5. The Kier molecular flexibility index (Phi) is 15.3. The fourth-order valence-electron chi connectivity index (χ4n) is 5.95. The predicted molar refractivity (Wildman–Crippen MR) is 220 cm³/mol. The molecular weight excluding hydrogens is 793 g/mol. The second kappa shape index (κ2) is 20.9. The zero-order valence-electron chi connectivity index (χ0n) is 32.1. The molecule has 0 bridgehead atoms. The van der Waals surface area contributed by atoms with Gasteiger partial charge in [-0.1, -0.05) is 61.4 Å². The first-order valence-corrected chi connectivity index (χ1v) is 19.9. The minimum atomic E-state index is -4.00. The van der Waals surface area contributed by atoms with E-state index in [0.717, 1.165) is 11.1 Å². The number of fused-ring (bicyclic) bond motifs is 1. The highest BCUT2D eigenvalue weighted by Crippen LogP contribution is 2.48. The second-order valence-corrected chi connectivity index (χ2v) is 14.8. The third-order valence-corrected chi connectivity index (χ3v) is 10.1. The zero-order valence-corrected chi connectivity index (χ0v) is 33.0. The molecule has 0 aliphatic carbocycles. The fraction of sp³-hybridized carbons (Fsp3) is 0.238. The first-order valence-electron chi connectivity index (χ1n) is 18.5. The molecule has 2 heterocycles. The standard InChI is InChI=1S/C42H40N7O10P/c1-3-57-60(56,58-4-2)59-22-8-7-9-27-12-14-28(15-13-27)23-36(51)34-11-6-5-10-30(34)24-33(50)20-21-35(41(54)55)47-39(52)29-16-18-31(19-17-29)44-25-32-26-45-38-37(46-32)40(53)49-42(43)48-38/h1-2,5-6,10-19,26,35,44H,7-9,20-25H2,(H,47,52)(H,54,55)(H3,43,45,48,49,53)/t35-/m0/s1. The Labute approximate surface area is 344 Å². The van der Waals surface area contributed by atoms with E-state index in [-0.39, 0.29) is 73.1 Å². The molecule has 60 heavy (non-hydrogen) atoms. The number of ketones is 2. The molecule has 0 aliphatic rings. The zero-order chi connectivity index (χ0) is 43.1. The minimum absolute atomic E-state index is 0.0396. The molecule has 5 aromatic rings. The number of unbranched alkanes of at least 4 members (excludes halogenated alkanes) is 1. The molecule has 2 aromatic heterocycles. The number of hydrogen-bond acceptors (Lipinski definition) is 14. The van der Waals surface area contributed by atoms with E-state index in [2.05, 4.69) is 39.6 Å². The number of aliphatic carboxylic acids is 1. The van der Waals surface area contributed by atoms with E-state index in [9.17, 15) is 33.6 Å². The van der Waals surface area contributed by atoms with E-state index in [1.165, 1.54) is 18.3 Å². The monoisotopic (exact) mass is 833 g/mol. The van der Waals surface area contributed by atoms with Crippen LogP contribution in [-0.4, -0.2) is 61.1 Å². The van der Waals surface area contributed by atoms with Gasteiger partial charge in [0.25, 0.3) is 11.5 Å². The van der Waals surface area contributed by atoms with Gasteiger partial charge in [0, 0.05) is 36.1 Å². The number of nitrogens with zero attached hydrogens (tertiary/aromatic N) is 3. The number of nitrogens with two attached hydrogens (primary N) is 1. The lowest BCUT2D eigenvalue weighted by Crippen LogP contribution is -2.41. The molecule has 5 rings (SSSR count). The van der Waals surface area contributed by atoms with Crippen LogP contribution in [0.15, 0.2) is 83.8 Å². The smallest absolute Gasteiger partial charge is 0.480 e. The second-order valence-electron chi connectivity index (χ2n) is 13.3. The molecule has 0 radical (unpaired) electrons. The molecule has 0 spiro atoms. The highest BCUT2D eigenvalue weighted by molar-refractivity contribution is 7.48. The van der Waals surface area contributed by atoms with Crippen molar-refractivity contribution < 1.29 is 42.4 Å². The number of anilines is 2. The highest BCUT2D eigenvalue weighted by atomic mass is 31.2. The first kappa shape index (κ1) is 43.8. The molecule has 17 nitrogen and oxygen atoms in total. The van der Waals surface area contributed by atoms with Crippen molar-refractivity contribution in [2.75, 3.05) is 17.7 Å². The van der Waals surface area contributed by atoms with Gasteiger partial charge in [-0.05, 0) is 66.6 Å². The maximum Gasteiger partial charge on any atom is 0.604 e. The van der Waals surface area contributed by atoms with Crippen LogP contribution in [0.1, 0.15) is 68.8 Å². The molecular formula is C42H40N7O10P. The summed E-state index contributed by atoms with van der Waals surface area (Å²) >= 11 is 0. The van der Waals surface area contributed by atoms with Crippen LogP contribution >= 0.6 is 7.82 Å². The summed E-state index contributed by atoms with van der Waals surface area (Å²) < 4.78 is 26.3. The van der Waals surface area contributed by atoms with Gasteiger partial charge in [-0.15, -0.1) is 0 Å². The number of carbonyl (C=O) groups excluding carboxylic acids is 3. The van der Waals surface area contributed by atoms with Crippen molar-refractivity contribution in [3.63, 3.8) is 0 Å². The van der Waals surface area contributed by atoms with Gasteiger partial charge in [-0.3, -0.25) is 28.7 Å². The lowest BCUT2D eigenvalue weighted by Gasteiger charge is -2.15. The molecule has 3 aromatic carbocycles. The fourth-order valence-corrected chi connectivity index (χ4v) is 6.71. The van der Waals surface area contributed by atoms with Gasteiger partial charge in [0.1, 0.15) is 24.0 Å². The number of carboxylic acid groups (broad SMARTS) is 1. The van der Waals surface area contributed by atoms with Crippen molar-refractivity contribution in [1.29, 1.82) is 0 Å². The number of amides is 1. The van der Waals surface area contributed by atoms with Gasteiger partial charge in [-0.2, -0.15) is 4.98 Å². The number of terminal acetylenes is 2. The summed E-state index contributed by atoms with van der Waals surface area (Å²) in [5.74, 6) is -2.49. The Hall–Kier alpha value is -7.33.